The molecule has 100 valence electrons. The van der Waals surface area contributed by atoms with Crippen molar-refractivity contribution in [2.75, 3.05) is 12.4 Å². The van der Waals surface area contributed by atoms with Gasteiger partial charge in [0.1, 0.15) is 5.75 Å². The standard InChI is InChI=1S/C14H12BrCl2NO/c1-19-14-4-2-3-12(17)10(14)8-18-13-6-5-9(16)7-11(13)15/h2-7,18H,8H2,1H3. The zero-order valence-corrected chi connectivity index (χ0v) is 13.3. The summed E-state index contributed by atoms with van der Waals surface area (Å²) in [6.07, 6.45) is 0. The zero-order chi connectivity index (χ0) is 13.8. The van der Waals surface area contributed by atoms with Crippen LogP contribution in [0.2, 0.25) is 10.0 Å². The van der Waals surface area contributed by atoms with Crippen LogP contribution in [-0.2, 0) is 6.54 Å². The van der Waals surface area contributed by atoms with E-state index in [2.05, 4.69) is 21.2 Å². The number of ether oxygens (including phenoxy) is 1. The molecule has 0 saturated carbocycles. The van der Waals surface area contributed by atoms with Gasteiger partial charge in [0.25, 0.3) is 0 Å². The first-order chi connectivity index (χ1) is 9.11. The Hall–Kier alpha value is -0.900. The van der Waals surface area contributed by atoms with Crippen LogP contribution in [0.3, 0.4) is 0 Å². The van der Waals surface area contributed by atoms with Gasteiger partial charge in [-0.1, -0.05) is 29.3 Å². The van der Waals surface area contributed by atoms with Crippen molar-refractivity contribution in [3.63, 3.8) is 0 Å². The molecule has 2 aromatic rings. The van der Waals surface area contributed by atoms with Gasteiger partial charge in [0, 0.05) is 32.3 Å². The second-order valence-electron chi connectivity index (χ2n) is 3.90. The lowest BCUT2D eigenvalue weighted by molar-refractivity contribution is 0.410. The monoisotopic (exact) mass is 359 g/mol. The highest BCUT2D eigenvalue weighted by Crippen LogP contribution is 2.30. The molecular formula is C14H12BrCl2NO. The Balaban J connectivity index is 2.19. The van der Waals surface area contributed by atoms with Crippen LogP contribution in [0, 0.1) is 0 Å². The van der Waals surface area contributed by atoms with Crippen LogP contribution in [-0.4, -0.2) is 7.11 Å². The van der Waals surface area contributed by atoms with Crippen molar-refractivity contribution in [2.45, 2.75) is 6.54 Å². The lowest BCUT2D eigenvalue weighted by Gasteiger charge is -2.13. The highest BCUT2D eigenvalue weighted by Gasteiger charge is 2.08. The van der Waals surface area contributed by atoms with E-state index < -0.39 is 0 Å². The molecular weight excluding hydrogens is 349 g/mol. The molecule has 0 fully saturated rings. The second-order valence-corrected chi connectivity index (χ2v) is 5.60. The van der Waals surface area contributed by atoms with Crippen LogP contribution in [0.4, 0.5) is 5.69 Å². The first kappa shape index (κ1) is 14.5. The summed E-state index contributed by atoms with van der Waals surface area (Å²) in [4.78, 5) is 0. The van der Waals surface area contributed by atoms with Gasteiger partial charge in [-0.3, -0.25) is 0 Å². The van der Waals surface area contributed by atoms with E-state index in [1.165, 1.54) is 0 Å². The Morgan fingerprint density at radius 2 is 2.00 bits per heavy atom. The average Bonchev–Trinajstić information content (AvgIpc) is 2.39. The molecule has 2 aromatic carbocycles. The van der Waals surface area contributed by atoms with Crippen LogP contribution < -0.4 is 10.1 Å². The van der Waals surface area contributed by atoms with Gasteiger partial charge in [0.05, 0.1) is 7.11 Å². The third-order valence-electron chi connectivity index (χ3n) is 2.68. The number of hydrogen-bond acceptors (Lipinski definition) is 2. The van der Waals surface area contributed by atoms with Crippen LogP contribution >= 0.6 is 39.1 Å². The number of anilines is 1. The molecule has 0 aliphatic carbocycles. The first-order valence-electron chi connectivity index (χ1n) is 5.62. The summed E-state index contributed by atoms with van der Waals surface area (Å²) in [5.41, 5.74) is 1.87. The topological polar surface area (TPSA) is 21.3 Å². The normalized spacial score (nSPS) is 10.3. The Labute approximate surface area is 130 Å². The van der Waals surface area contributed by atoms with Gasteiger partial charge >= 0.3 is 0 Å². The van der Waals surface area contributed by atoms with Gasteiger partial charge in [-0.2, -0.15) is 0 Å². The van der Waals surface area contributed by atoms with E-state index >= 15 is 0 Å². The van der Waals surface area contributed by atoms with E-state index in [1.54, 1.807) is 7.11 Å². The molecule has 0 radical (unpaired) electrons. The zero-order valence-electron chi connectivity index (χ0n) is 10.2. The highest BCUT2D eigenvalue weighted by molar-refractivity contribution is 9.10. The molecule has 0 saturated heterocycles. The van der Waals surface area contributed by atoms with Gasteiger partial charge in [0.15, 0.2) is 0 Å². The molecule has 0 unspecified atom stereocenters. The predicted molar refractivity (Wildman–Crippen MR) is 84.5 cm³/mol. The van der Waals surface area contributed by atoms with Crippen molar-refractivity contribution in [1.29, 1.82) is 0 Å². The van der Waals surface area contributed by atoms with E-state index in [1.807, 2.05) is 36.4 Å². The van der Waals surface area contributed by atoms with Gasteiger partial charge in [-0.25, -0.2) is 0 Å². The summed E-state index contributed by atoms with van der Waals surface area (Å²) in [5.74, 6) is 0.769. The van der Waals surface area contributed by atoms with Gasteiger partial charge in [-0.15, -0.1) is 0 Å². The van der Waals surface area contributed by atoms with Gasteiger partial charge in [-0.05, 0) is 46.3 Å². The number of rotatable bonds is 4. The Morgan fingerprint density at radius 3 is 2.68 bits per heavy atom. The maximum absolute atomic E-state index is 6.19. The summed E-state index contributed by atoms with van der Waals surface area (Å²) in [7, 11) is 1.63. The summed E-state index contributed by atoms with van der Waals surface area (Å²) in [6, 6.07) is 11.2. The lowest BCUT2D eigenvalue weighted by Crippen LogP contribution is -2.03. The predicted octanol–water partition coefficient (Wildman–Crippen LogP) is 5.38. The molecule has 0 spiro atoms. The van der Waals surface area contributed by atoms with Gasteiger partial charge < -0.3 is 10.1 Å². The van der Waals surface area contributed by atoms with Crippen molar-refractivity contribution in [3.05, 3.63) is 56.5 Å². The molecule has 2 nitrogen and oxygen atoms in total. The first-order valence-corrected chi connectivity index (χ1v) is 7.17. The summed E-state index contributed by atoms with van der Waals surface area (Å²) in [5, 5.41) is 4.67. The van der Waals surface area contributed by atoms with Crippen molar-refractivity contribution >= 4 is 44.8 Å². The van der Waals surface area contributed by atoms with Crippen molar-refractivity contribution in [3.8, 4) is 5.75 Å². The van der Waals surface area contributed by atoms with E-state index in [9.17, 15) is 0 Å². The van der Waals surface area contributed by atoms with Crippen molar-refractivity contribution in [1.82, 2.24) is 0 Å². The molecule has 0 aliphatic heterocycles. The number of hydrogen-bond donors (Lipinski definition) is 1. The largest absolute Gasteiger partial charge is 0.496 e. The summed E-state index contributed by atoms with van der Waals surface area (Å²) in [6.45, 7) is 0.572. The van der Waals surface area contributed by atoms with Crippen LogP contribution in [0.1, 0.15) is 5.56 Å². The van der Waals surface area contributed by atoms with Gasteiger partial charge in [0.2, 0.25) is 0 Å². The Kier molecular flexibility index (Phi) is 4.97. The van der Waals surface area contributed by atoms with E-state index in [-0.39, 0.29) is 0 Å². The van der Waals surface area contributed by atoms with Crippen molar-refractivity contribution < 1.29 is 4.74 Å². The fraction of sp³-hybridized carbons (Fsp3) is 0.143. The Bertz CT molecular complexity index is 590. The quantitative estimate of drug-likeness (QED) is 0.790. The Morgan fingerprint density at radius 1 is 1.21 bits per heavy atom. The minimum absolute atomic E-state index is 0.572. The molecule has 5 heteroatoms. The van der Waals surface area contributed by atoms with E-state index in [0.29, 0.717) is 16.6 Å². The fourth-order valence-electron chi connectivity index (χ4n) is 1.72. The molecule has 0 bridgehead atoms. The molecule has 19 heavy (non-hydrogen) atoms. The van der Waals surface area contributed by atoms with Crippen LogP contribution in [0.15, 0.2) is 40.9 Å². The maximum atomic E-state index is 6.19. The molecule has 0 aromatic heterocycles. The lowest BCUT2D eigenvalue weighted by atomic mass is 10.2. The molecule has 0 amide bonds. The molecule has 0 aliphatic rings. The minimum atomic E-state index is 0.572. The SMILES string of the molecule is COc1cccc(Cl)c1CNc1ccc(Cl)cc1Br. The third-order valence-corrected chi connectivity index (χ3v) is 3.93. The van der Waals surface area contributed by atoms with E-state index in [4.69, 9.17) is 27.9 Å². The third kappa shape index (κ3) is 3.56. The van der Waals surface area contributed by atoms with Crippen LogP contribution in [0.25, 0.3) is 0 Å². The number of benzene rings is 2. The maximum Gasteiger partial charge on any atom is 0.125 e. The number of halogens is 3. The average molecular weight is 361 g/mol. The minimum Gasteiger partial charge on any atom is -0.496 e. The molecule has 1 N–H and O–H groups in total. The van der Waals surface area contributed by atoms with Crippen molar-refractivity contribution in [2.24, 2.45) is 0 Å². The number of nitrogens with one attached hydrogen (secondary N) is 1. The fourth-order valence-corrected chi connectivity index (χ4v) is 2.77. The smallest absolute Gasteiger partial charge is 0.125 e. The molecule has 2 rings (SSSR count). The summed E-state index contributed by atoms with van der Waals surface area (Å²) < 4.78 is 6.22. The second kappa shape index (κ2) is 6.51. The molecule has 0 heterocycles. The van der Waals surface area contributed by atoms with Crippen LogP contribution in [0.5, 0.6) is 5.75 Å². The highest BCUT2D eigenvalue weighted by atomic mass is 79.9. The number of methoxy groups -OCH3 is 1. The molecule has 0 atom stereocenters. The van der Waals surface area contributed by atoms with E-state index in [0.717, 1.165) is 21.5 Å². The summed E-state index contributed by atoms with van der Waals surface area (Å²) >= 11 is 15.6.